The number of hydrogen-bond donors (Lipinski definition) is 1. The molecule has 0 saturated carbocycles. The first-order valence-electron chi connectivity index (χ1n) is 7.27. The number of aryl methyl sites for hydroxylation is 1. The molecule has 0 unspecified atom stereocenters. The summed E-state index contributed by atoms with van der Waals surface area (Å²) in [5.74, 6) is 0.430. The minimum absolute atomic E-state index is 0.0628. The van der Waals surface area contributed by atoms with Gasteiger partial charge in [0.15, 0.2) is 0 Å². The van der Waals surface area contributed by atoms with Crippen molar-refractivity contribution in [1.29, 1.82) is 0 Å². The predicted molar refractivity (Wildman–Crippen MR) is 83.7 cm³/mol. The van der Waals surface area contributed by atoms with Gasteiger partial charge in [0.05, 0.1) is 18.8 Å². The molecule has 1 saturated heterocycles. The van der Waals surface area contributed by atoms with Gasteiger partial charge in [0.25, 0.3) is 11.5 Å². The topological polar surface area (TPSA) is 89.3 Å². The third-order valence-corrected chi connectivity index (χ3v) is 3.58. The Kier molecular flexibility index (Phi) is 4.33. The summed E-state index contributed by atoms with van der Waals surface area (Å²) < 4.78 is 6.47. The lowest BCUT2D eigenvalue weighted by Crippen LogP contribution is -2.40. The molecule has 0 atom stereocenters. The van der Waals surface area contributed by atoms with E-state index in [1.807, 2.05) is 0 Å². The van der Waals surface area contributed by atoms with Crippen molar-refractivity contribution in [3.8, 4) is 0 Å². The van der Waals surface area contributed by atoms with Gasteiger partial charge in [-0.1, -0.05) is 0 Å². The predicted octanol–water partition coefficient (Wildman–Crippen LogP) is 0.391. The number of carbonyl (C=O) groups is 1. The maximum absolute atomic E-state index is 12.3. The molecule has 1 aliphatic heterocycles. The summed E-state index contributed by atoms with van der Waals surface area (Å²) in [6.45, 7) is 2.30. The number of pyridine rings is 1. The zero-order valence-electron chi connectivity index (χ0n) is 12.7. The number of morpholine rings is 1. The van der Waals surface area contributed by atoms with Crippen LogP contribution in [0, 0.1) is 0 Å². The van der Waals surface area contributed by atoms with Gasteiger partial charge < -0.3 is 15.0 Å². The molecular formula is C15H17N5O3. The second-order valence-electron chi connectivity index (χ2n) is 5.14. The van der Waals surface area contributed by atoms with Crippen LogP contribution in [0.25, 0.3) is 0 Å². The lowest BCUT2D eigenvalue weighted by molar-refractivity contribution is 0.0302. The third-order valence-electron chi connectivity index (χ3n) is 3.58. The lowest BCUT2D eigenvalue weighted by atomic mass is 10.2. The zero-order chi connectivity index (χ0) is 16.2. The van der Waals surface area contributed by atoms with E-state index >= 15 is 0 Å². The van der Waals surface area contributed by atoms with Crippen molar-refractivity contribution in [3.63, 3.8) is 0 Å². The Bertz CT molecular complexity index is 750. The molecule has 2 aromatic rings. The SMILES string of the molecule is Cn1nccc(Nc2ccc(C(=O)N3CCOCC3)cn2)c1=O. The van der Waals surface area contributed by atoms with Crippen molar-refractivity contribution < 1.29 is 9.53 Å². The Morgan fingerprint density at radius 3 is 2.74 bits per heavy atom. The summed E-state index contributed by atoms with van der Waals surface area (Å²) in [5.41, 5.74) is 0.644. The van der Waals surface area contributed by atoms with Crippen LogP contribution in [0.15, 0.2) is 35.4 Å². The van der Waals surface area contributed by atoms with E-state index < -0.39 is 0 Å². The van der Waals surface area contributed by atoms with Gasteiger partial charge >= 0.3 is 0 Å². The molecule has 2 aromatic heterocycles. The van der Waals surface area contributed by atoms with Crippen molar-refractivity contribution in [3.05, 3.63) is 46.5 Å². The number of ether oxygens (including phenoxy) is 1. The van der Waals surface area contributed by atoms with E-state index in [4.69, 9.17) is 4.74 Å². The lowest BCUT2D eigenvalue weighted by Gasteiger charge is -2.26. The van der Waals surface area contributed by atoms with Crippen LogP contribution in [0.4, 0.5) is 11.5 Å². The van der Waals surface area contributed by atoms with Crippen LogP contribution in [0.3, 0.4) is 0 Å². The third kappa shape index (κ3) is 3.37. The molecule has 3 rings (SSSR count). The molecule has 3 heterocycles. The van der Waals surface area contributed by atoms with Crippen LogP contribution in [0.1, 0.15) is 10.4 Å². The Hall–Kier alpha value is -2.74. The second-order valence-corrected chi connectivity index (χ2v) is 5.14. The first-order valence-corrected chi connectivity index (χ1v) is 7.27. The van der Waals surface area contributed by atoms with Crippen LogP contribution in [-0.4, -0.2) is 51.9 Å². The molecule has 8 nitrogen and oxygen atoms in total. The summed E-state index contributed by atoms with van der Waals surface area (Å²) in [7, 11) is 1.57. The smallest absolute Gasteiger partial charge is 0.290 e. The number of nitrogens with one attached hydrogen (secondary N) is 1. The first-order chi connectivity index (χ1) is 11.1. The number of nitrogens with zero attached hydrogens (tertiary/aromatic N) is 4. The molecule has 1 fully saturated rings. The van der Waals surface area contributed by atoms with Gasteiger partial charge in [-0.15, -0.1) is 0 Å². The van der Waals surface area contributed by atoms with Crippen LogP contribution < -0.4 is 10.9 Å². The molecule has 1 amide bonds. The van der Waals surface area contributed by atoms with E-state index in [-0.39, 0.29) is 11.5 Å². The van der Waals surface area contributed by atoms with E-state index in [2.05, 4.69) is 15.4 Å². The molecule has 0 radical (unpaired) electrons. The Balaban J connectivity index is 1.73. The van der Waals surface area contributed by atoms with Crippen LogP contribution in [-0.2, 0) is 11.8 Å². The highest BCUT2D eigenvalue weighted by Crippen LogP contribution is 2.12. The summed E-state index contributed by atoms with van der Waals surface area (Å²) >= 11 is 0. The average molecular weight is 315 g/mol. The number of amides is 1. The fourth-order valence-corrected chi connectivity index (χ4v) is 2.28. The van der Waals surface area contributed by atoms with Crippen molar-refractivity contribution in [2.45, 2.75) is 0 Å². The van der Waals surface area contributed by atoms with Gasteiger partial charge in [-0.05, 0) is 18.2 Å². The van der Waals surface area contributed by atoms with Crippen LogP contribution in [0.5, 0.6) is 0 Å². The van der Waals surface area contributed by atoms with Gasteiger partial charge in [-0.2, -0.15) is 5.10 Å². The Morgan fingerprint density at radius 1 is 1.26 bits per heavy atom. The fraction of sp³-hybridized carbons (Fsp3) is 0.333. The quantitative estimate of drug-likeness (QED) is 0.881. The van der Waals surface area contributed by atoms with Crippen LogP contribution in [0.2, 0.25) is 0 Å². The number of aromatic nitrogens is 3. The maximum Gasteiger partial charge on any atom is 0.290 e. The van der Waals surface area contributed by atoms with E-state index in [0.717, 1.165) is 0 Å². The highest BCUT2D eigenvalue weighted by molar-refractivity contribution is 5.94. The standard InChI is InChI=1S/C15H17N5O3/c1-19-15(22)12(4-5-17-19)18-13-3-2-11(10-16-13)14(21)20-6-8-23-9-7-20/h2-5,10H,6-9H2,1H3,(H,16,18). The molecule has 0 aromatic carbocycles. The summed E-state index contributed by atoms with van der Waals surface area (Å²) in [4.78, 5) is 30.2. The number of hydrogen-bond acceptors (Lipinski definition) is 6. The monoisotopic (exact) mass is 315 g/mol. The molecule has 0 bridgehead atoms. The number of anilines is 2. The molecular weight excluding hydrogens is 298 g/mol. The summed E-state index contributed by atoms with van der Waals surface area (Å²) in [5, 5.41) is 6.78. The van der Waals surface area contributed by atoms with Crippen molar-refractivity contribution in [2.24, 2.45) is 7.05 Å². The fourth-order valence-electron chi connectivity index (χ4n) is 2.28. The maximum atomic E-state index is 12.3. The zero-order valence-corrected chi connectivity index (χ0v) is 12.7. The van der Waals surface area contributed by atoms with Gasteiger partial charge in [0, 0.05) is 32.5 Å². The second kappa shape index (κ2) is 6.57. The minimum atomic E-state index is -0.247. The molecule has 0 spiro atoms. The molecule has 1 aliphatic rings. The van der Waals surface area contributed by atoms with E-state index in [1.165, 1.54) is 17.1 Å². The molecule has 1 N–H and O–H groups in total. The minimum Gasteiger partial charge on any atom is -0.378 e. The van der Waals surface area contributed by atoms with Crippen LogP contribution >= 0.6 is 0 Å². The number of carbonyl (C=O) groups excluding carboxylic acids is 1. The van der Waals surface area contributed by atoms with E-state index in [9.17, 15) is 9.59 Å². The Morgan fingerprint density at radius 2 is 2.04 bits per heavy atom. The first kappa shape index (κ1) is 15.2. The average Bonchev–Trinajstić information content (AvgIpc) is 2.60. The normalized spacial score (nSPS) is 14.6. The van der Waals surface area contributed by atoms with Gasteiger partial charge in [-0.25, -0.2) is 9.67 Å². The van der Waals surface area contributed by atoms with Crippen molar-refractivity contribution in [2.75, 3.05) is 31.6 Å². The highest BCUT2D eigenvalue weighted by atomic mass is 16.5. The molecule has 23 heavy (non-hydrogen) atoms. The van der Waals surface area contributed by atoms with Crippen molar-refractivity contribution >= 4 is 17.4 Å². The summed E-state index contributed by atoms with van der Waals surface area (Å²) in [6, 6.07) is 4.95. The van der Waals surface area contributed by atoms with Crippen molar-refractivity contribution in [1.82, 2.24) is 19.7 Å². The van der Waals surface area contributed by atoms with E-state index in [0.29, 0.717) is 43.4 Å². The van der Waals surface area contributed by atoms with Gasteiger partial charge in [-0.3, -0.25) is 9.59 Å². The van der Waals surface area contributed by atoms with Gasteiger partial charge in [0.2, 0.25) is 0 Å². The van der Waals surface area contributed by atoms with Gasteiger partial charge in [0.1, 0.15) is 11.5 Å². The van der Waals surface area contributed by atoms with E-state index in [1.54, 1.807) is 30.1 Å². The molecule has 120 valence electrons. The number of rotatable bonds is 3. The Labute approximate surface area is 132 Å². The molecule has 8 heteroatoms. The molecule has 0 aliphatic carbocycles. The largest absolute Gasteiger partial charge is 0.378 e. The highest BCUT2D eigenvalue weighted by Gasteiger charge is 2.18. The summed E-state index contributed by atoms with van der Waals surface area (Å²) in [6.07, 6.45) is 3.03.